The van der Waals surface area contributed by atoms with Gasteiger partial charge in [-0.05, 0) is 80.5 Å². The number of rotatable bonds is 5. The van der Waals surface area contributed by atoms with Crippen LogP contribution in [0.4, 0.5) is 0 Å². The lowest BCUT2D eigenvalue weighted by Crippen LogP contribution is -2.02. The van der Waals surface area contributed by atoms with Gasteiger partial charge in [0.25, 0.3) is 0 Å². The SMILES string of the molecule is c1ccc(-c2cccc(-c3nc(-c4cccc5ccccc45)nc(-c4cc(-n5c6ccccc6c6cc7ccccc7cc65)cc5c4oc4c6ccccc6ccc54)n3)c2)cc1. The first-order valence-electron chi connectivity index (χ1n) is 20.9. The maximum atomic E-state index is 7.08. The number of para-hydroxylation sites is 1. The fraction of sp³-hybridized carbons (Fsp3) is 0. The summed E-state index contributed by atoms with van der Waals surface area (Å²) in [5, 5.41) is 11.2. The topological polar surface area (TPSA) is 56.7 Å². The first-order valence-corrected chi connectivity index (χ1v) is 20.9. The Bertz CT molecular complexity index is 3930. The molecule has 0 aliphatic carbocycles. The van der Waals surface area contributed by atoms with Gasteiger partial charge in [0, 0.05) is 43.7 Å². The van der Waals surface area contributed by atoms with Crippen LogP contribution in [0.1, 0.15) is 0 Å². The average molecular weight is 791 g/mol. The number of furan rings is 1. The van der Waals surface area contributed by atoms with Crippen molar-refractivity contribution in [3.8, 4) is 51.0 Å². The van der Waals surface area contributed by atoms with Crippen LogP contribution in [-0.2, 0) is 0 Å². The van der Waals surface area contributed by atoms with Crippen molar-refractivity contribution in [3.63, 3.8) is 0 Å². The zero-order valence-electron chi connectivity index (χ0n) is 33.3. The lowest BCUT2D eigenvalue weighted by molar-refractivity contribution is 0.673. The third-order valence-electron chi connectivity index (χ3n) is 12.4. The van der Waals surface area contributed by atoms with Crippen molar-refractivity contribution < 1.29 is 4.42 Å². The molecular formula is C57H34N4O. The molecule has 0 spiro atoms. The Morgan fingerprint density at radius 2 is 0.919 bits per heavy atom. The van der Waals surface area contributed by atoms with Crippen molar-refractivity contribution in [3.05, 3.63) is 206 Å². The molecule has 5 heteroatoms. The van der Waals surface area contributed by atoms with E-state index >= 15 is 0 Å². The summed E-state index contributed by atoms with van der Waals surface area (Å²) in [6.45, 7) is 0. The number of fused-ring (bicyclic) bond motifs is 10. The normalized spacial score (nSPS) is 11.9. The van der Waals surface area contributed by atoms with Crippen molar-refractivity contribution in [2.75, 3.05) is 0 Å². The third kappa shape index (κ3) is 5.38. The van der Waals surface area contributed by atoms with Gasteiger partial charge in [-0.2, -0.15) is 0 Å². The Labute approximate surface area is 355 Å². The van der Waals surface area contributed by atoms with E-state index in [4.69, 9.17) is 19.4 Å². The highest BCUT2D eigenvalue weighted by Gasteiger charge is 2.23. The van der Waals surface area contributed by atoms with Gasteiger partial charge >= 0.3 is 0 Å². The van der Waals surface area contributed by atoms with Crippen molar-refractivity contribution in [1.82, 2.24) is 19.5 Å². The fourth-order valence-electron chi connectivity index (χ4n) is 9.45. The van der Waals surface area contributed by atoms with E-state index < -0.39 is 0 Å². The van der Waals surface area contributed by atoms with Crippen LogP contribution in [0.25, 0.3) is 127 Å². The molecule has 0 unspecified atom stereocenters. The fourth-order valence-corrected chi connectivity index (χ4v) is 9.45. The highest BCUT2D eigenvalue weighted by Crippen LogP contribution is 2.43. The quantitative estimate of drug-likeness (QED) is 0.174. The predicted molar refractivity (Wildman–Crippen MR) is 256 cm³/mol. The second kappa shape index (κ2) is 13.6. The second-order valence-corrected chi connectivity index (χ2v) is 16.0. The molecule has 13 aromatic rings. The van der Waals surface area contributed by atoms with Crippen LogP contribution < -0.4 is 0 Å². The van der Waals surface area contributed by atoms with Crippen LogP contribution in [0.2, 0.25) is 0 Å². The summed E-state index contributed by atoms with van der Waals surface area (Å²) in [6.07, 6.45) is 0. The van der Waals surface area contributed by atoms with E-state index in [9.17, 15) is 0 Å². The van der Waals surface area contributed by atoms with E-state index in [1.165, 1.54) is 21.5 Å². The Balaban J connectivity index is 1.14. The lowest BCUT2D eigenvalue weighted by Gasteiger charge is -2.13. The molecule has 10 aromatic carbocycles. The molecule has 0 aliphatic rings. The average Bonchev–Trinajstić information content (AvgIpc) is 3.88. The summed E-state index contributed by atoms with van der Waals surface area (Å²) in [5.41, 5.74) is 9.63. The van der Waals surface area contributed by atoms with Crippen LogP contribution in [0.5, 0.6) is 0 Å². The van der Waals surface area contributed by atoms with E-state index in [-0.39, 0.29) is 0 Å². The van der Waals surface area contributed by atoms with Gasteiger partial charge in [-0.25, -0.2) is 15.0 Å². The summed E-state index contributed by atoms with van der Waals surface area (Å²) in [6, 6.07) is 72.8. The molecule has 0 saturated carbocycles. The Morgan fingerprint density at radius 3 is 1.76 bits per heavy atom. The summed E-state index contributed by atoms with van der Waals surface area (Å²) in [5.74, 6) is 1.71. The molecule has 0 fully saturated rings. The van der Waals surface area contributed by atoms with Gasteiger partial charge in [0.2, 0.25) is 0 Å². The molecule has 3 aromatic heterocycles. The molecule has 0 aliphatic heterocycles. The van der Waals surface area contributed by atoms with Crippen molar-refractivity contribution >= 4 is 76.1 Å². The minimum Gasteiger partial charge on any atom is -0.455 e. The highest BCUT2D eigenvalue weighted by atomic mass is 16.3. The van der Waals surface area contributed by atoms with Gasteiger partial charge in [-0.15, -0.1) is 0 Å². The largest absolute Gasteiger partial charge is 0.455 e. The molecule has 0 amide bonds. The van der Waals surface area contributed by atoms with Gasteiger partial charge in [-0.1, -0.05) is 164 Å². The van der Waals surface area contributed by atoms with E-state index in [0.29, 0.717) is 17.5 Å². The maximum absolute atomic E-state index is 7.08. The molecule has 0 N–H and O–H groups in total. The van der Waals surface area contributed by atoms with Gasteiger partial charge < -0.3 is 8.98 Å². The second-order valence-electron chi connectivity index (χ2n) is 16.0. The molecule has 0 radical (unpaired) electrons. The van der Waals surface area contributed by atoms with E-state index in [2.05, 4.69) is 205 Å². The number of benzene rings is 10. The molecule has 0 saturated heterocycles. The molecule has 288 valence electrons. The molecule has 13 rings (SSSR count). The van der Waals surface area contributed by atoms with E-state index in [1.54, 1.807) is 0 Å². The van der Waals surface area contributed by atoms with Gasteiger partial charge in [0.05, 0.1) is 16.6 Å². The van der Waals surface area contributed by atoms with Crippen molar-refractivity contribution in [2.45, 2.75) is 0 Å². The number of nitrogens with zero attached hydrogens (tertiary/aromatic N) is 4. The van der Waals surface area contributed by atoms with Crippen LogP contribution in [0, 0.1) is 0 Å². The van der Waals surface area contributed by atoms with Crippen molar-refractivity contribution in [1.29, 1.82) is 0 Å². The van der Waals surface area contributed by atoms with Crippen LogP contribution in [0.3, 0.4) is 0 Å². The number of hydrogen-bond donors (Lipinski definition) is 0. The Hall–Kier alpha value is -8.41. The first kappa shape index (κ1) is 34.5. The Morgan fingerprint density at radius 1 is 0.306 bits per heavy atom. The zero-order valence-corrected chi connectivity index (χ0v) is 33.3. The lowest BCUT2D eigenvalue weighted by atomic mass is 10.0. The standard InChI is InChI=1S/C57H34N4O/c1-2-14-35(15-3-1)38-21-12-22-41(30-38)55-58-56(47-26-13-20-36-16-6-8-23-43(36)47)60-57(59-55)50-34-42(33-49-46-29-28-37-17-7-9-24-44(37)53(46)62-54(49)50)61-51-27-11-10-25-45(51)48-31-39-18-4-5-19-40(39)32-52(48)61/h1-34H. The van der Waals surface area contributed by atoms with Crippen LogP contribution in [-0.4, -0.2) is 19.5 Å². The summed E-state index contributed by atoms with van der Waals surface area (Å²) >= 11 is 0. The number of hydrogen-bond acceptors (Lipinski definition) is 4. The molecule has 0 atom stereocenters. The molecular weight excluding hydrogens is 757 g/mol. The molecule has 3 heterocycles. The molecule has 0 bridgehead atoms. The summed E-state index contributed by atoms with van der Waals surface area (Å²) in [4.78, 5) is 16.1. The predicted octanol–water partition coefficient (Wildman–Crippen LogP) is 15.0. The monoisotopic (exact) mass is 790 g/mol. The summed E-state index contributed by atoms with van der Waals surface area (Å²) < 4.78 is 9.47. The molecule has 62 heavy (non-hydrogen) atoms. The zero-order chi connectivity index (χ0) is 40.7. The Kier molecular flexibility index (Phi) is 7.54. The smallest absolute Gasteiger partial charge is 0.167 e. The minimum absolute atomic E-state index is 0.532. The molecule has 5 nitrogen and oxygen atoms in total. The van der Waals surface area contributed by atoms with Gasteiger partial charge in [-0.3, -0.25) is 0 Å². The van der Waals surface area contributed by atoms with Gasteiger partial charge in [0.15, 0.2) is 17.5 Å². The van der Waals surface area contributed by atoms with Gasteiger partial charge in [0.1, 0.15) is 11.2 Å². The minimum atomic E-state index is 0.532. The maximum Gasteiger partial charge on any atom is 0.167 e. The summed E-state index contributed by atoms with van der Waals surface area (Å²) in [7, 11) is 0. The van der Waals surface area contributed by atoms with E-state index in [1.807, 2.05) is 6.07 Å². The first-order chi connectivity index (χ1) is 30.7. The third-order valence-corrected chi connectivity index (χ3v) is 12.4. The van der Waals surface area contributed by atoms with Crippen LogP contribution >= 0.6 is 0 Å². The van der Waals surface area contributed by atoms with Crippen molar-refractivity contribution in [2.24, 2.45) is 0 Å². The van der Waals surface area contributed by atoms with Crippen LogP contribution in [0.15, 0.2) is 211 Å². The number of aromatic nitrogens is 4. The highest BCUT2D eigenvalue weighted by molar-refractivity contribution is 6.19. The van der Waals surface area contributed by atoms with E-state index in [0.717, 1.165) is 88.0 Å².